The second kappa shape index (κ2) is 8.53. The molecule has 0 aliphatic rings. The summed E-state index contributed by atoms with van der Waals surface area (Å²) >= 11 is 0. The Balaban J connectivity index is 2.41. The molecule has 0 radical (unpaired) electrons. The van der Waals surface area contributed by atoms with Crippen LogP contribution in [0.1, 0.15) is 31.7 Å². The van der Waals surface area contributed by atoms with Crippen molar-refractivity contribution in [2.75, 3.05) is 31.5 Å². The molecule has 7 heteroatoms. The van der Waals surface area contributed by atoms with Crippen LogP contribution in [0.5, 0.6) is 0 Å². The van der Waals surface area contributed by atoms with Crippen molar-refractivity contribution >= 4 is 17.5 Å². The van der Waals surface area contributed by atoms with E-state index in [1.807, 2.05) is 6.92 Å². The first-order chi connectivity index (χ1) is 10.4. The third-order valence-corrected chi connectivity index (χ3v) is 3.78. The Morgan fingerprint density at radius 1 is 1.18 bits per heavy atom. The SMILES string of the molecule is CCN(CC)CCCNC(=O)C(=O)Nc1c(C)nn(C)c1C. The van der Waals surface area contributed by atoms with Gasteiger partial charge in [-0.15, -0.1) is 0 Å². The molecule has 1 aromatic heterocycles. The van der Waals surface area contributed by atoms with Gasteiger partial charge in [0.15, 0.2) is 0 Å². The molecule has 0 aromatic carbocycles. The van der Waals surface area contributed by atoms with Crippen LogP contribution in [-0.2, 0) is 16.6 Å². The minimum atomic E-state index is -0.651. The first-order valence-corrected chi connectivity index (χ1v) is 7.72. The number of anilines is 1. The molecule has 0 saturated carbocycles. The Labute approximate surface area is 132 Å². The third kappa shape index (κ3) is 4.84. The lowest BCUT2D eigenvalue weighted by molar-refractivity contribution is -0.136. The second-order valence-electron chi connectivity index (χ2n) is 5.26. The molecule has 0 atom stereocenters. The molecular weight excluding hydrogens is 282 g/mol. The lowest BCUT2D eigenvalue weighted by atomic mass is 10.3. The summed E-state index contributed by atoms with van der Waals surface area (Å²) in [5.41, 5.74) is 2.12. The van der Waals surface area contributed by atoms with Gasteiger partial charge in [-0.05, 0) is 39.9 Å². The minimum Gasteiger partial charge on any atom is -0.348 e. The molecule has 124 valence electrons. The van der Waals surface area contributed by atoms with E-state index in [4.69, 9.17) is 0 Å². The van der Waals surface area contributed by atoms with Crippen molar-refractivity contribution in [1.82, 2.24) is 20.0 Å². The molecule has 0 fully saturated rings. The molecule has 0 bridgehead atoms. The maximum atomic E-state index is 11.9. The molecular formula is C15H27N5O2. The molecule has 0 aliphatic carbocycles. The summed E-state index contributed by atoms with van der Waals surface area (Å²) in [7, 11) is 1.80. The van der Waals surface area contributed by atoms with Gasteiger partial charge >= 0.3 is 11.8 Å². The number of aromatic nitrogens is 2. The average Bonchev–Trinajstić information content (AvgIpc) is 2.73. The van der Waals surface area contributed by atoms with E-state index in [1.165, 1.54) is 0 Å². The summed E-state index contributed by atoms with van der Waals surface area (Å²) in [4.78, 5) is 26.0. The van der Waals surface area contributed by atoms with Gasteiger partial charge in [-0.3, -0.25) is 14.3 Å². The first-order valence-electron chi connectivity index (χ1n) is 7.72. The van der Waals surface area contributed by atoms with Gasteiger partial charge < -0.3 is 15.5 Å². The van der Waals surface area contributed by atoms with Crippen LogP contribution in [-0.4, -0.2) is 52.7 Å². The monoisotopic (exact) mass is 309 g/mol. The lowest BCUT2D eigenvalue weighted by Crippen LogP contribution is -2.37. The number of carbonyl (C=O) groups is 2. The molecule has 22 heavy (non-hydrogen) atoms. The quantitative estimate of drug-likeness (QED) is 0.577. The zero-order valence-corrected chi connectivity index (χ0v) is 14.2. The van der Waals surface area contributed by atoms with E-state index in [2.05, 4.69) is 34.5 Å². The van der Waals surface area contributed by atoms with Crippen molar-refractivity contribution in [2.45, 2.75) is 34.1 Å². The Morgan fingerprint density at radius 2 is 1.82 bits per heavy atom. The fraction of sp³-hybridized carbons (Fsp3) is 0.667. The van der Waals surface area contributed by atoms with Crippen molar-refractivity contribution < 1.29 is 9.59 Å². The van der Waals surface area contributed by atoms with E-state index in [0.29, 0.717) is 17.9 Å². The second-order valence-corrected chi connectivity index (χ2v) is 5.26. The maximum Gasteiger partial charge on any atom is 0.313 e. The van der Waals surface area contributed by atoms with Crippen LogP contribution in [0.4, 0.5) is 5.69 Å². The van der Waals surface area contributed by atoms with Gasteiger partial charge in [-0.25, -0.2) is 0 Å². The van der Waals surface area contributed by atoms with Crippen LogP contribution in [0.15, 0.2) is 0 Å². The number of hydrogen-bond acceptors (Lipinski definition) is 4. The van der Waals surface area contributed by atoms with Crippen molar-refractivity contribution in [2.24, 2.45) is 7.05 Å². The molecule has 0 saturated heterocycles. The fourth-order valence-corrected chi connectivity index (χ4v) is 2.25. The Bertz CT molecular complexity index is 520. The normalized spacial score (nSPS) is 10.8. The number of hydrogen-bond donors (Lipinski definition) is 2. The summed E-state index contributed by atoms with van der Waals surface area (Å²) in [6.07, 6.45) is 0.825. The topological polar surface area (TPSA) is 79.3 Å². The molecule has 2 N–H and O–H groups in total. The van der Waals surface area contributed by atoms with E-state index < -0.39 is 11.8 Å². The van der Waals surface area contributed by atoms with E-state index in [9.17, 15) is 9.59 Å². The van der Waals surface area contributed by atoms with Crippen molar-refractivity contribution in [1.29, 1.82) is 0 Å². The average molecular weight is 309 g/mol. The highest BCUT2D eigenvalue weighted by atomic mass is 16.2. The zero-order valence-electron chi connectivity index (χ0n) is 14.2. The Morgan fingerprint density at radius 3 is 2.32 bits per heavy atom. The van der Waals surface area contributed by atoms with Crippen LogP contribution in [0.2, 0.25) is 0 Å². The molecule has 1 aromatic rings. The largest absolute Gasteiger partial charge is 0.348 e. The number of aryl methyl sites for hydroxylation is 2. The van der Waals surface area contributed by atoms with Gasteiger partial charge in [0, 0.05) is 13.6 Å². The highest BCUT2D eigenvalue weighted by Gasteiger charge is 2.17. The Hall–Kier alpha value is -1.89. The number of nitrogens with one attached hydrogen (secondary N) is 2. The van der Waals surface area contributed by atoms with Crippen molar-refractivity contribution in [3.63, 3.8) is 0 Å². The standard InChI is InChI=1S/C15H27N5O2/c1-6-20(7-2)10-8-9-16-14(21)15(22)17-13-11(3)18-19(5)12(13)4/h6-10H2,1-5H3,(H,16,21)(H,17,22). The molecule has 1 heterocycles. The lowest BCUT2D eigenvalue weighted by Gasteiger charge is -2.17. The van der Waals surface area contributed by atoms with Gasteiger partial charge in [0.25, 0.3) is 0 Å². The van der Waals surface area contributed by atoms with Crippen LogP contribution >= 0.6 is 0 Å². The molecule has 0 aliphatic heterocycles. The number of rotatable bonds is 7. The molecule has 0 spiro atoms. The smallest absolute Gasteiger partial charge is 0.313 e. The van der Waals surface area contributed by atoms with E-state index >= 15 is 0 Å². The summed E-state index contributed by atoms with van der Waals surface area (Å²) in [5.74, 6) is -1.26. The summed E-state index contributed by atoms with van der Waals surface area (Å²) in [6.45, 7) is 11.2. The van der Waals surface area contributed by atoms with Crippen LogP contribution in [0.25, 0.3) is 0 Å². The number of amides is 2. The predicted octanol–water partition coefficient (Wildman–Crippen LogP) is 0.824. The third-order valence-electron chi connectivity index (χ3n) is 3.78. The Kier molecular flexibility index (Phi) is 7.04. The highest BCUT2D eigenvalue weighted by molar-refractivity contribution is 6.39. The van der Waals surface area contributed by atoms with Crippen molar-refractivity contribution in [3.05, 3.63) is 11.4 Å². The molecule has 0 unspecified atom stereocenters. The van der Waals surface area contributed by atoms with Gasteiger partial charge in [0.2, 0.25) is 0 Å². The number of carbonyl (C=O) groups excluding carboxylic acids is 2. The summed E-state index contributed by atoms with van der Waals surface area (Å²) in [6, 6.07) is 0. The van der Waals surface area contributed by atoms with E-state index in [0.717, 1.165) is 31.7 Å². The van der Waals surface area contributed by atoms with Crippen molar-refractivity contribution in [3.8, 4) is 0 Å². The van der Waals surface area contributed by atoms with E-state index in [1.54, 1.807) is 18.7 Å². The molecule has 1 rings (SSSR count). The van der Waals surface area contributed by atoms with Crippen LogP contribution < -0.4 is 10.6 Å². The van der Waals surface area contributed by atoms with Crippen LogP contribution in [0, 0.1) is 13.8 Å². The first kappa shape index (κ1) is 18.2. The van der Waals surface area contributed by atoms with Gasteiger partial charge in [-0.1, -0.05) is 13.8 Å². The van der Waals surface area contributed by atoms with Crippen LogP contribution in [0.3, 0.4) is 0 Å². The zero-order chi connectivity index (χ0) is 16.7. The highest BCUT2D eigenvalue weighted by Crippen LogP contribution is 2.17. The molecule has 2 amide bonds. The number of nitrogens with zero attached hydrogens (tertiary/aromatic N) is 3. The maximum absolute atomic E-state index is 11.9. The minimum absolute atomic E-state index is 0.494. The summed E-state index contributed by atoms with van der Waals surface area (Å²) < 4.78 is 1.67. The van der Waals surface area contributed by atoms with Gasteiger partial charge in [-0.2, -0.15) is 5.10 Å². The molecule has 7 nitrogen and oxygen atoms in total. The van der Waals surface area contributed by atoms with Gasteiger partial charge in [0.05, 0.1) is 17.1 Å². The predicted molar refractivity (Wildman–Crippen MR) is 86.7 cm³/mol. The summed E-state index contributed by atoms with van der Waals surface area (Å²) in [5, 5.41) is 9.47. The van der Waals surface area contributed by atoms with Gasteiger partial charge in [0.1, 0.15) is 0 Å². The van der Waals surface area contributed by atoms with E-state index in [-0.39, 0.29) is 0 Å². The fourth-order valence-electron chi connectivity index (χ4n) is 2.25.